The van der Waals surface area contributed by atoms with Gasteiger partial charge in [-0.1, -0.05) is 92.7 Å². The average molecular weight is 517 g/mol. The second-order valence-electron chi connectivity index (χ2n) is 10.9. The second kappa shape index (κ2) is 9.78. The third-order valence-electron chi connectivity index (χ3n) is 7.94. The van der Waals surface area contributed by atoms with Gasteiger partial charge in [-0.25, -0.2) is 0 Å². The smallest absolute Gasteiger partial charge is 0.215 e. The average Bonchev–Trinajstić information content (AvgIpc) is 3.29. The van der Waals surface area contributed by atoms with Gasteiger partial charge in [-0.2, -0.15) is 4.58 Å². The Labute approximate surface area is 232 Å². The van der Waals surface area contributed by atoms with Crippen LogP contribution in [0.3, 0.4) is 0 Å². The number of para-hydroxylation sites is 4. The predicted octanol–water partition coefficient (Wildman–Crippen LogP) is 5.83. The molecular weight excluding hydrogens is 484 g/mol. The molecule has 2 heterocycles. The van der Waals surface area contributed by atoms with Gasteiger partial charge in [0, 0.05) is 52.3 Å². The highest BCUT2D eigenvalue weighted by Gasteiger charge is 2.45. The number of hydrogen-bond acceptors (Lipinski definition) is 1. The van der Waals surface area contributed by atoms with Gasteiger partial charge >= 0.3 is 0 Å². The summed E-state index contributed by atoms with van der Waals surface area (Å²) in [5, 5.41) is 0. The van der Waals surface area contributed by atoms with Gasteiger partial charge in [0.05, 0.1) is 5.41 Å². The van der Waals surface area contributed by atoms with E-state index in [1.165, 1.54) is 45.3 Å². The first-order chi connectivity index (χ1) is 17.9. The summed E-state index contributed by atoms with van der Waals surface area (Å²) in [4.78, 5) is 2.41. The van der Waals surface area contributed by atoms with Gasteiger partial charge in [0.1, 0.15) is 0 Å². The molecule has 3 heteroatoms. The van der Waals surface area contributed by atoms with Gasteiger partial charge in [0.15, 0.2) is 5.71 Å². The summed E-state index contributed by atoms with van der Waals surface area (Å²) in [5.41, 5.74) is 9.91. The van der Waals surface area contributed by atoms with Gasteiger partial charge < -0.3 is 17.3 Å². The first-order valence-electron chi connectivity index (χ1n) is 13.1. The van der Waals surface area contributed by atoms with Crippen molar-refractivity contribution in [2.24, 2.45) is 0 Å². The van der Waals surface area contributed by atoms with E-state index >= 15 is 0 Å². The van der Waals surface area contributed by atoms with E-state index in [0.29, 0.717) is 0 Å². The summed E-state index contributed by atoms with van der Waals surface area (Å²) in [6.45, 7) is 9.31. The van der Waals surface area contributed by atoms with Crippen LogP contribution >= 0.6 is 0 Å². The topological polar surface area (TPSA) is 6.25 Å². The Morgan fingerprint density at radius 3 is 1.92 bits per heavy atom. The van der Waals surface area contributed by atoms with Crippen molar-refractivity contribution in [3.05, 3.63) is 144 Å². The molecule has 6 rings (SSSR count). The molecule has 190 valence electrons. The molecule has 38 heavy (non-hydrogen) atoms. The molecule has 2 aliphatic rings. The third-order valence-corrected chi connectivity index (χ3v) is 7.94. The van der Waals surface area contributed by atoms with E-state index in [1.807, 2.05) is 0 Å². The number of nitrogens with zero attached hydrogens (tertiary/aromatic N) is 2. The van der Waals surface area contributed by atoms with Crippen LogP contribution in [0.1, 0.15) is 38.8 Å². The van der Waals surface area contributed by atoms with Gasteiger partial charge in [-0.05, 0) is 43.7 Å². The Balaban J connectivity index is 0.00000294. The van der Waals surface area contributed by atoms with Gasteiger partial charge in [-0.15, -0.1) is 0 Å². The zero-order valence-corrected chi connectivity index (χ0v) is 23.2. The molecule has 0 saturated heterocycles. The molecular formula is C35H33ClN2. The van der Waals surface area contributed by atoms with Crippen LogP contribution in [0.25, 0.3) is 0 Å². The summed E-state index contributed by atoms with van der Waals surface area (Å²) in [6.07, 6.45) is 6.86. The lowest BCUT2D eigenvalue weighted by molar-refractivity contribution is -0.00000759. The first kappa shape index (κ1) is 25.8. The zero-order chi connectivity index (χ0) is 25.6. The van der Waals surface area contributed by atoms with Gasteiger partial charge in [0.25, 0.3) is 0 Å². The van der Waals surface area contributed by atoms with Crippen LogP contribution in [0.5, 0.6) is 0 Å². The largest absolute Gasteiger partial charge is 1.00 e. The van der Waals surface area contributed by atoms with Crippen LogP contribution < -0.4 is 21.9 Å². The highest BCUT2D eigenvalue weighted by molar-refractivity contribution is 6.10. The van der Waals surface area contributed by atoms with Crippen molar-refractivity contribution in [2.75, 3.05) is 4.90 Å². The maximum atomic E-state index is 2.41. The number of allylic oxidation sites excluding steroid dienone is 4. The van der Waals surface area contributed by atoms with Crippen LogP contribution in [0.15, 0.2) is 133 Å². The fourth-order valence-corrected chi connectivity index (χ4v) is 6.00. The standard InChI is InChI=1S/C35H33N2.ClH/c1-34(2)28-20-11-13-22-30(28)36(26-16-7-5-8-17-26)32(34)24-15-25-33-35(3,4)29-21-12-14-23-31(29)37(33)27-18-9-6-10-19-27;/h5-25H,1-4H3;1H/q+1;/p-1. The Kier molecular flexibility index (Phi) is 6.63. The Morgan fingerprint density at radius 2 is 1.21 bits per heavy atom. The molecule has 0 saturated carbocycles. The third kappa shape index (κ3) is 4.01. The molecule has 0 spiro atoms. The monoisotopic (exact) mass is 516 g/mol. The lowest BCUT2D eigenvalue weighted by Gasteiger charge is -2.27. The minimum atomic E-state index is -0.116. The first-order valence-corrected chi connectivity index (χ1v) is 13.1. The van der Waals surface area contributed by atoms with Gasteiger partial charge in [-0.3, -0.25) is 0 Å². The molecule has 4 aromatic rings. The lowest BCUT2D eigenvalue weighted by Crippen LogP contribution is -3.00. The minimum Gasteiger partial charge on any atom is -1.00 e. The van der Waals surface area contributed by atoms with E-state index in [1.54, 1.807) is 0 Å². The zero-order valence-electron chi connectivity index (χ0n) is 22.4. The molecule has 0 amide bonds. The minimum absolute atomic E-state index is 0. The molecule has 0 fully saturated rings. The number of benzene rings is 4. The lowest BCUT2D eigenvalue weighted by atomic mass is 9.81. The van der Waals surface area contributed by atoms with E-state index < -0.39 is 0 Å². The highest BCUT2D eigenvalue weighted by atomic mass is 35.5. The van der Waals surface area contributed by atoms with Crippen molar-refractivity contribution in [3.63, 3.8) is 0 Å². The molecule has 0 aromatic heterocycles. The summed E-state index contributed by atoms with van der Waals surface area (Å²) in [6, 6.07) is 38.9. The molecule has 0 radical (unpaired) electrons. The number of hydrogen-bond donors (Lipinski definition) is 0. The Morgan fingerprint density at radius 1 is 0.632 bits per heavy atom. The molecule has 0 unspecified atom stereocenters. The Bertz CT molecular complexity index is 1560. The van der Waals surface area contributed by atoms with Crippen molar-refractivity contribution < 1.29 is 12.4 Å². The summed E-state index contributed by atoms with van der Waals surface area (Å²) in [7, 11) is 0. The molecule has 0 N–H and O–H groups in total. The highest BCUT2D eigenvalue weighted by Crippen LogP contribution is 2.51. The maximum absolute atomic E-state index is 2.41. The SMILES string of the molecule is CC1(C)C(/C=C/C=C2/N(c3ccccc3)c3ccccc3C2(C)C)=[N+](c2ccccc2)c2ccccc21.[Cl-]. The van der Waals surface area contributed by atoms with E-state index in [2.05, 4.69) is 165 Å². The van der Waals surface area contributed by atoms with E-state index in [9.17, 15) is 0 Å². The fourth-order valence-electron chi connectivity index (χ4n) is 6.00. The van der Waals surface area contributed by atoms with Crippen LogP contribution in [0, 0.1) is 0 Å². The number of halogens is 1. The van der Waals surface area contributed by atoms with Crippen molar-refractivity contribution in [2.45, 2.75) is 38.5 Å². The Hall–Kier alpha value is -3.88. The van der Waals surface area contributed by atoms with Crippen molar-refractivity contribution >= 4 is 28.5 Å². The van der Waals surface area contributed by atoms with E-state index in [-0.39, 0.29) is 23.2 Å². The van der Waals surface area contributed by atoms with Crippen LogP contribution in [0.4, 0.5) is 22.7 Å². The van der Waals surface area contributed by atoms with Crippen molar-refractivity contribution in [3.8, 4) is 0 Å². The van der Waals surface area contributed by atoms with Crippen LogP contribution in [-0.2, 0) is 10.8 Å². The van der Waals surface area contributed by atoms with E-state index in [0.717, 1.165) is 0 Å². The summed E-state index contributed by atoms with van der Waals surface area (Å²) in [5.74, 6) is 0. The number of fused-ring (bicyclic) bond motifs is 2. The van der Waals surface area contributed by atoms with Crippen LogP contribution in [-0.4, -0.2) is 5.71 Å². The fraction of sp³-hybridized carbons (Fsp3) is 0.171. The van der Waals surface area contributed by atoms with Crippen molar-refractivity contribution in [1.29, 1.82) is 0 Å². The van der Waals surface area contributed by atoms with E-state index in [4.69, 9.17) is 0 Å². The van der Waals surface area contributed by atoms with Crippen LogP contribution in [0.2, 0.25) is 0 Å². The molecule has 0 aliphatic carbocycles. The summed E-state index contributed by atoms with van der Waals surface area (Å²) >= 11 is 0. The number of anilines is 2. The number of rotatable bonds is 4. The maximum Gasteiger partial charge on any atom is 0.215 e. The molecule has 4 aromatic carbocycles. The predicted molar refractivity (Wildman–Crippen MR) is 158 cm³/mol. The quantitative estimate of drug-likeness (QED) is 0.309. The van der Waals surface area contributed by atoms with Gasteiger partial charge in [0.2, 0.25) is 11.4 Å². The molecule has 2 aliphatic heterocycles. The molecule has 0 bridgehead atoms. The van der Waals surface area contributed by atoms with Crippen molar-refractivity contribution in [1.82, 2.24) is 4.58 Å². The molecule has 0 atom stereocenters. The molecule has 2 nitrogen and oxygen atoms in total. The summed E-state index contributed by atoms with van der Waals surface area (Å²) < 4.78 is 2.41. The normalized spacial score (nSPS) is 18.0. The second-order valence-corrected chi connectivity index (χ2v) is 10.9.